The third-order valence-electron chi connectivity index (χ3n) is 14.6. The quantitative estimate of drug-likeness (QED) is 0.0244. The smallest absolute Gasteiger partial charge is 0.305 e. The number of carbonyl (C=O) groups excluding carboxylic acids is 2. The largest absolute Gasteiger partial charge is 0.466 e. The summed E-state index contributed by atoms with van der Waals surface area (Å²) in [4.78, 5) is 24.6. The van der Waals surface area contributed by atoms with Gasteiger partial charge in [-0.1, -0.05) is 281 Å². The maximum atomic E-state index is 12.5. The van der Waals surface area contributed by atoms with E-state index in [1.807, 2.05) is 0 Å². The number of allylic oxidation sites excluding steroid dienone is 8. The van der Waals surface area contributed by atoms with E-state index in [-0.39, 0.29) is 18.5 Å². The van der Waals surface area contributed by atoms with Crippen LogP contribution in [0.15, 0.2) is 48.6 Å². The Morgan fingerprint density at radius 2 is 0.736 bits per heavy atom. The minimum absolute atomic E-state index is 0.0353. The third-order valence-corrected chi connectivity index (χ3v) is 14.6. The van der Waals surface area contributed by atoms with E-state index in [0.29, 0.717) is 25.9 Å². The SMILES string of the molecule is CCCCC/C=C\C/C=C\CCCCCCCC(=O)OCCCCC/C=C\C=C/CCCCCCCCC(=O)NC(CO)C(O)CCCCCCCCCCCCCCCCCCCCCCCCCCC. The molecule has 0 aliphatic heterocycles. The van der Waals surface area contributed by atoms with E-state index in [1.54, 1.807) is 0 Å². The summed E-state index contributed by atoms with van der Waals surface area (Å²) in [6.07, 6.45) is 78.4. The molecule has 0 spiro atoms. The molecule has 6 heteroatoms. The van der Waals surface area contributed by atoms with Crippen LogP contribution >= 0.6 is 0 Å². The molecule has 72 heavy (non-hydrogen) atoms. The van der Waals surface area contributed by atoms with Gasteiger partial charge >= 0.3 is 5.97 Å². The van der Waals surface area contributed by atoms with Crippen LogP contribution in [0.3, 0.4) is 0 Å². The second kappa shape index (κ2) is 61.4. The lowest BCUT2D eigenvalue weighted by Crippen LogP contribution is -2.45. The molecule has 2 unspecified atom stereocenters. The Morgan fingerprint density at radius 1 is 0.403 bits per heavy atom. The minimum Gasteiger partial charge on any atom is -0.466 e. The first kappa shape index (κ1) is 69.8. The topological polar surface area (TPSA) is 95.9 Å². The second-order valence-corrected chi connectivity index (χ2v) is 21.8. The molecule has 0 aliphatic rings. The molecule has 0 fully saturated rings. The van der Waals surface area contributed by atoms with Gasteiger partial charge in [0.2, 0.25) is 5.91 Å². The van der Waals surface area contributed by atoms with Crippen LogP contribution in [0.5, 0.6) is 0 Å². The highest BCUT2D eigenvalue weighted by atomic mass is 16.5. The van der Waals surface area contributed by atoms with Crippen molar-refractivity contribution in [3.8, 4) is 0 Å². The number of aliphatic hydroxyl groups excluding tert-OH is 2. The van der Waals surface area contributed by atoms with Gasteiger partial charge in [0.1, 0.15) is 0 Å². The van der Waals surface area contributed by atoms with Gasteiger partial charge in [-0.05, 0) is 89.9 Å². The molecular weight excluding hydrogens is 887 g/mol. The maximum absolute atomic E-state index is 12.5. The number of hydrogen-bond acceptors (Lipinski definition) is 5. The summed E-state index contributed by atoms with van der Waals surface area (Å²) in [6, 6.07) is -0.561. The van der Waals surface area contributed by atoms with E-state index in [2.05, 4.69) is 67.8 Å². The van der Waals surface area contributed by atoms with Crippen LogP contribution in [0.4, 0.5) is 0 Å². The van der Waals surface area contributed by atoms with Crippen molar-refractivity contribution in [3.05, 3.63) is 48.6 Å². The molecule has 0 radical (unpaired) electrons. The van der Waals surface area contributed by atoms with Crippen LogP contribution in [-0.2, 0) is 14.3 Å². The lowest BCUT2D eigenvalue weighted by Gasteiger charge is -2.22. The molecular formula is C66H123NO5. The predicted molar refractivity (Wildman–Crippen MR) is 315 cm³/mol. The molecule has 0 heterocycles. The molecule has 0 aliphatic carbocycles. The number of nitrogens with one attached hydrogen (secondary N) is 1. The molecule has 0 aromatic heterocycles. The van der Waals surface area contributed by atoms with E-state index in [9.17, 15) is 19.8 Å². The fourth-order valence-corrected chi connectivity index (χ4v) is 9.72. The fraction of sp³-hybridized carbons (Fsp3) is 0.848. The molecule has 6 nitrogen and oxygen atoms in total. The highest BCUT2D eigenvalue weighted by Crippen LogP contribution is 2.18. The number of rotatable bonds is 59. The monoisotopic (exact) mass is 1010 g/mol. The van der Waals surface area contributed by atoms with E-state index < -0.39 is 12.1 Å². The molecule has 0 saturated carbocycles. The Morgan fingerprint density at radius 3 is 1.17 bits per heavy atom. The number of esters is 1. The number of carbonyl (C=O) groups is 2. The van der Waals surface area contributed by atoms with E-state index >= 15 is 0 Å². The Balaban J connectivity index is 3.51. The van der Waals surface area contributed by atoms with Gasteiger partial charge in [0.05, 0.1) is 25.4 Å². The fourth-order valence-electron chi connectivity index (χ4n) is 9.72. The second-order valence-electron chi connectivity index (χ2n) is 21.8. The van der Waals surface area contributed by atoms with Crippen LogP contribution in [0.1, 0.15) is 335 Å². The van der Waals surface area contributed by atoms with Crippen molar-refractivity contribution in [1.29, 1.82) is 0 Å². The molecule has 0 rings (SSSR count). The van der Waals surface area contributed by atoms with Gasteiger partial charge in [-0.2, -0.15) is 0 Å². The minimum atomic E-state index is -0.682. The van der Waals surface area contributed by atoms with Gasteiger partial charge in [0.25, 0.3) is 0 Å². The lowest BCUT2D eigenvalue weighted by molar-refractivity contribution is -0.143. The molecule has 422 valence electrons. The maximum Gasteiger partial charge on any atom is 0.305 e. The third kappa shape index (κ3) is 57.1. The summed E-state index contributed by atoms with van der Waals surface area (Å²) >= 11 is 0. The molecule has 0 bridgehead atoms. The standard InChI is InChI=1S/C66H123NO5/c1-3-5-7-9-11-13-15-17-19-20-21-22-23-24-25-26-27-28-31-34-38-42-46-50-54-58-64(69)63(62-68)67-65(70)59-55-51-47-43-39-35-32-29-33-37-41-45-49-53-57-61-72-66(71)60-56-52-48-44-40-36-30-18-16-14-12-10-8-6-4-2/h12,14,18,29-30,33,37,41,63-64,68-69H,3-11,13,15-17,19-28,31-32,34-36,38-40,42-62H2,1-2H3,(H,67,70)/b14-12-,30-18-,33-29-,41-37-. The Labute approximate surface area is 448 Å². The first-order valence-corrected chi connectivity index (χ1v) is 31.9. The molecule has 0 saturated heterocycles. The van der Waals surface area contributed by atoms with Gasteiger partial charge in [-0.3, -0.25) is 9.59 Å². The number of amides is 1. The molecule has 3 N–H and O–H groups in total. The van der Waals surface area contributed by atoms with Crippen molar-refractivity contribution < 1.29 is 24.5 Å². The average molecular weight is 1010 g/mol. The van der Waals surface area contributed by atoms with Crippen LogP contribution in [-0.4, -0.2) is 47.4 Å². The molecule has 2 atom stereocenters. The van der Waals surface area contributed by atoms with Gasteiger partial charge in [0, 0.05) is 12.8 Å². The highest BCUT2D eigenvalue weighted by Gasteiger charge is 2.20. The van der Waals surface area contributed by atoms with Crippen molar-refractivity contribution >= 4 is 11.9 Å². The van der Waals surface area contributed by atoms with Crippen LogP contribution < -0.4 is 5.32 Å². The van der Waals surface area contributed by atoms with Crippen molar-refractivity contribution in [2.45, 2.75) is 347 Å². The van der Waals surface area contributed by atoms with E-state index in [1.165, 1.54) is 212 Å². The zero-order valence-corrected chi connectivity index (χ0v) is 48.2. The van der Waals surface area contributed by atoms with E-state index in [0.717, 1.165) is 89.9 Å². The van der Waals surface area contributed by atoms with Crippen LogP contribution in [0.25, 0.3) is 0 Å². The van der Waals surface area contributed by atoms with Crippen molar-refractivity contribution in [2.24, 2.45) is 0 Å². The van der Waals surface area contributed by atoms with Crippen LogP contribution in [0, 0.1) is 0 Å². The average Bonchev–Trinajstić information content (AvgIpc) is 3.38. The summed E-state index contributed by atoms with van der Waals surface area (Å²) in [6.45, 7) is 4.88. The van der Waals surface area contributed by atoms with Crippen molar-refractivity contribution in [2.75, 3.05) is 13.2 Å². The van der Waals surface area contributed by atoms with Crippen LogP contribution in [0.2, 0.25) is 0 Å². The summed E-state index contributed by atoms with van der Waals surface area (Å²) in [5.41, 5.74) is 0. The summed E-state index contributed by atoms with van der Waals surface area (Å²) in [7, 11) is 0. The normalized spacial score (nSPS) is 12.9. The van der Waals surface area contributed by atoms with Gasteiger partial charge in [-0.15, -0.1) is 0 Å². The summed E-state index contributed by atoms with van der Waals surface area (Å²) < 4.78 is 5.44. The Kier molecular flexibility index (Phi) is 59.5. The Bertz CT molecular complexity index is 1210. The van der Waals surface area contributed by atoms with Gasteiger partial charge in [0.15, 0.2) is 0 Å². The molecule has 0 aromatic carbocycles. The predicted octanol–water partition coefficient (Wildman–Crippen LogP) is 20.1. The highest BCUT2D eigenvalue weighted by molar-refractivity contribution is 5.76. The summed E-state index contributed by atoms with van der Waals surface area (Å²) in [5.74, 6) is -0.0908. The molecule has 0 aromatic rings. The molecule has 1 amide bonds. The van der Waals surface area contributed by atoms with Gasteiger partial charge < -0.3 is 20.3 Å². The van der Waals surface area contributed by atoms with Crippen molar-refractivity contribution in [1.82, 2.24) is 5.32 Å². The first-order valence-electron chi connectivity index (χ1n) is 31.9. The number of hydrogen-bond donors (Lipinski definition) is 3. The van der Waals surface area contributed by atoms with Gasteiger partial charge in [-0.25, -0.2) is 0 Å². The lowest BCUT2D eigenvalue weighted by atomic mass is 10.0. The number of aliphatic hydroxyl groups is 2. The number of ether oxygens (including phenoxy) is 1. The summed E-state index contributed by atoms with van der Waals surface area (Å²) in [5, 5.41) is 23.4. The zero-order chi connectivity index (χ0) is 52.2. The van der Waals surface area contributed by atoms with E-state index in [4.69, 9.17) is 4.74 Å². The Hall–Kier alpha value is -2.18. The first-order chi connectivity index (χ1) is 35.5. The van der Waals surface area contributed by atoms with Crippen molar-refractivity contribution in [3.63, 3.8) is 0 Å². The number of unbranched alkanes of at least 4 members (excludes halogenated alkanes) is 41. The zero-order valence-electron chi connectivity index (χ0n) is 48.2.